The second-order valence-electron chi connectivity index (χ2n) is 30.6. The normalized spacial score (nSPS) is 13.7. The number of nitrogens with two attached hydrogens (primary N) is 4. The lowest BCUT2D eigenvalue weighted by Gasteiger charge is -2.27. The number of ether oxygens (including phenoxy) is 4. The summed E-state index contributed by atoms with van der Waals surface area (Å²) in [5, 5.41) is 1.07. The van der Waals surface area contributed by atoms with Crippen LogP contribution in [-0.4, -0.2) is 129 Å². The Kier molecular flexibility index (Phi) is 26.7. The maximum atomic E-state index is 6.22. The zero-order valence-corrected chi connectivity index (χ0v) is 70.1. The molecule has 0 bridgehead atoms. The van der Waals surface area contributed by atoms with Gasteiger partial charge >= 0.3 is 0 Å². The van der Waals surface area contributed by atoms with E-state index in [2.05, 4.69) is 186 Å². The molecule has 0 spiro atoms. The van der Waals surface area contributed by atoms with Crippen molar-refractivity contribution < 1.29 is 18.9 Å². The van der Waals surface area contributed by atoms with Crippen molar-refractivity contribution >= 4 is 46.5 Å². The van der Waals surface area contributed by atoms with Gasteiger partial charge in [0.15, 0.2) is 23.3 Å². The highest BCUT2D eigenvalue weighted by molar-refractivity contribution is 6.36. The molecule has 7 aromatic heterocycles. The van der Waals surface area contributed by atoms with Gasteiger partial charge in [-0.15, -0.1) is 0 Å². The van der Waals surface area contributed by atoms with E-state index in [9.17, 15) is 0 Å². The molecule has 25 heteroatoms. The minimum Gasteiger partial charge on any atom is -0.470 e. The number of hydrogen-bond acceptors (Lipinski definition) is 23. The van der Waals surface area contributed by atoms with Crippen LogP contribution in [0.25, 0.3) is 45.0 Å². The molecule has 0 aliphatic carbocycles. The van der Waals surface area contributed by atoms with Gasteiger partial charge in [-0.1, -0.05) is 65.5 Å². The molecule has 6 aromatic carbocycles. The van der Waals surface area contributed by atoms with Crippen LogP contribution in [0.5, 0.6) is 23.5 Å². The zero-order chi connectivity index (χ0) is 83.2. The van der Waals surface area contributed by atoms with E-state index in [1.807, 2.05) is 73.7 Å². The van der Waals surface area contributed by atoms with Crippen molar-refractivity contribution in [3.05, 3.63) is 299 Å². The Balaban J connectivity index is 0.000000131. The van der Waals surface area contributed by atoms with Crippen molar-refractivity contribution in [2.45, 2.75) is 113 Å². The van der Waals surface area contributed by atoms with Crippen LogP contribution in [0, 0.1) is 46.5 Å². The number of nitrogen functional groups attached to an aromatic ring is 4. The first-order valence-corrected chi connectivity index (χ1v) is 40.3. The molecule has 4 aliphatic rings. The summed E-state index contributed by atoms with van der Waals surface area (Å²) in [7, 11) is 8.60. The smallest absolute Gasteiger partial charge is 0.258 e. The standard InChI is InChI=1S/C28H26N6O.C22H22Cl2N4O.C22H25N5O.C22H24N4O/c1-19-12-22(14-23-17-34(2)11-8-25(19)23)26-16-32-27(29)28(33-26)35-18-21-7-10-31-24(13-21)6-5-20-4-3-9-30-15-20;1-13-8-14(9-15-11-28(2)7-6-16(13)15)20-10-26-21(25)22(27-20)29-12-17-18(23)4-3-5-19(17)24;1-14-8-17(10-18-12-27(3)7-5-19(14)18)20-11-25-21(23)22(26-20)28-13-16-4-6-24-15(2)9-16;1-15-10-17(11-18-13-26(2)9-8-19(15)18)20-12-24-21(23)22(25-20)27-14-16-6-4-3-5-7-16/h3-4,7,9-10,12-16H,8,11,17-18H2,1-2H3,(H2,29,32);3-5,8-10H,6-7,11-12H2,1-2H3,(H2,25,26);4,6,8-11H,5,7,12-13H2,1-3H3,(H2,23,25);3-7,10-12H,8-9,13-14H2,1-2H3,(H2,23,24). The third kappa shape index (κ3) is 21.3. The van der Waals surface area contributed by atoms with Gasteiger partial charge in [0.1, 0.15) is 32.1 Å². The lowest BCUT2D eigenvalue weighted by atomic mass is 9.92. The van der Waals surface area contributed by atoms with Crippen LogP contribution >= 0.6 is 23.2 Å². The van der Waals surface area contributed by atoms with Gasteiger partial charge in [0, 0.05) is 126 Å². The van der Waals surface area contributed by atoms with E-state index < -0.39 is 0 Å². The number of anilines is 4. The quantitative estimate of drug-likeness (QED) is 0.0654. The minimum absolute atomic E-state index is 0.162. The highest BCUT2D eigenvalue weighted by Crippen LogP contribution is 2.37. The lowest BCUT2D eigenvalue weighted by Crippen LogP contribution is -2.27. The zero-order valence-electron chi connectivity index (χ0n) is 68.5. The van der Waals surface area contributed by atoms with E-state index in [1.54, 1.807) is 67.8 Å². The van der Waals surface area contributed by atoms with Crippen molar-refractivity contribution in [1.29, 1.82) is 0 Å². The van der Waals surface area contributed by atoms with Gasteiger partial charge in [-0.25, -0.2) is 44.9 Å². The van der Waals surface area contributed by atoms with Gasteiger partial charge in [0.2, 0.25) is 0 Å². The molecule has 4 aliphatic heterocycles. The average Bonchev–Trinajstić information content (AvgIpc) is 0.801. The van der Waals surface area contributed by atoms with E-state index in [-0.39, 0.29) is 30.7 Å². The van der Waals surface area contributed by atoms with Crippen LogP contribution in [0.15, 0.2) is 183 Å². The van der Waals surface area contributed by atoms with Crippen LogP contribution in [0.2, 0.25) is 10.0 Å². The summed E-state index contributed by atoms with van der Waals surface area (Å²) < 4.78 is 23.5. The first-order valence-electron chi connectivity index (χ1n) is 39.6. The van der Waals surface area contributed by atoms with E-state index >= 15 is 0 Å². The molecule has 0 amide bonds. The Labute approximate surface area is 705 Å². The van der Waals surface area contributed by atoms with Crippen LogP contribution in [-0.2, 0) is 78.3 Å². The van der Waals surface area contributed by atoms with Gasteiger partial charge in [-0.05, 0) is 275 Å². The van der Waals surface area contributed by atoms with Gasteiger partial charge in [-0.3, -0.25) is 9.97 Å². The Morgan fingerprint density at radius 1 is 0.361 bits per heavy atom. The molecule has 8 N–H and O–H groups in total. The molecule has 0 saturated carbocycles. The predicted molar refractivity (Wildman–Crippen MR) is 470 cm³/mol. The highest BCUT2D eigenvalue weighted by atomic mass is 35.5. The van der Waals surface area contributed by atoms with Crippen LogP contribution in [0.1, 0.15) is 106 Å². The summed E-state index contributed by atoms with van der Waals surface area (Å²) >= 11 is 12.4. The van der Waals surface area contributed by atoms with Crippen molar-refractivity contribution in [2.24, 2.45) is 0 Å². The lowest BCUT2D eigenvalue weighted by molar-refractivity contribution is 0.294. The highest BCUT2D eigenvalue weighted by Gasteiger charge is 2.24. The third-order valence-electron chi connectivity index (χ3n) is 21.4. The number of halogens is 2. The maximum absolute atomic E-state index is 6.22. The summed E-state index contributed by atoms with van der Waals surface area (Å²) in [5.74, 6) is 8.54. The Bertz CT molecular complexity index is 5870. The number of aromatic nitrogens is 11. The first kappa shape index (κ1) is 83.0. The summed E-state index contributed by atoms with van der Waals surface area (Å²) in [6, 6.07) is 44.2. The van der Waals surface area contributed by atoms with Crippen molar-refractivity contribution in [3.8, 4) is 80.4 Å². The third-order valence-corrected chi connectivity index (χ3v) is 22.1. The topological polar surface area (TPSA) is 296 Å². The summed E-state index contributed by atoms with van der Waals surface area (Å²) in [6.07, 6.45) is 18.1. The second kappa shape index (κ2) is 38.3. The molecule has 23 nitrogen and oxygen atoms in total. The largest absolute Gasteiger partial charge is 0.470 e. The number of pyridine rings is 3. The summed E-state index contributed by atoms with van der Waals surface area (Å²) in [4.78, 5) is 57.8. The minimum atomic E-state index is 0.162. The number of likely N-dealkylation sites (N-methyl/N-ethyl adjacent to an activating group) is 4. The maximum Gasteiger partial charge on any atom is 0.258 e. The van der Waals surface area contributed by atoms with Gasteiger partial charge in [-0.2, -0.15) is 0 Å². The van der Waals surface area contributed by atoms with Crippen molar-refractivity contribution in [2.75, 3.05) is 77.3 Å². The van der Waals surface area contributed by atoms with E-state index in [0.717, 1.165) is 151 Å². The Morgan fingerprint density at radius 2 is 0.731 bits per heavy atom. The molecule has 13 aromatic rings. The van der Waals surface area contributed by atoms with Crippen LogP contribution in [0.4, 0.5) is 23.3 Å². The molecule has 17 rings (SSSR count). The molecule has 0 unspecified atom stereocenters. The Hall–Kier alpha value is -12.5. The molecular weight excluding hydrogens is 1530 g/mol. The molecule has 11 heterocycles. The molecule has 606 valence electrons. The fourth-order valence-corrected chi connectivity index (χ4v) is 15.6. The number of rotatable bonds is 16. The fraction of sp³-hybridized carbons (Fsp3) is 0.266. The number of benzene rings is 6. The molecule has 0 radical (unpaired) electrons. The summed E-state index contributed by atoms with van der Waals surface area (Å²) in [6.45, 7) is 20.0. The average molecular weight is 1630 g/mol. The second-order valence-corrected chi connectivity index (χ2v) is 31.5. The predicted octanol–water partition coefficient (Wildman–Crippen LogP) is 15.6. The molecule has 0 atom stereocenters. The monoisotopic (exact) mass is 1630 g/mol. The fourth-order valence-electron chi connectivity index (χ4n) is 15.1. The molecule has 119 heavy (non-hydrogen) atoms. The van der Waals surface area contributed by atoms with E-state index in [1.165, 1.54) is 66.8 Å². The van der Waals surface area contributed by atoms with Gasteiger partial charge < -0.3 is 61.5 Å². The molecular formula is C94H97Cl2N19O4. The van der Waals surface area contributed by atoms with E-state index in [0.29, 0.717) is 63.8 Å². The van der Waals surface area contributed by atoms with Crippen LogP contribution < -0.4 is 41.9 Å². The Morgan fingerprint density at radius 3 is 1.11 bits per heavy atom. The molecule has 0 fully saturated rings. The number of nitrogens with zero attached hydrogens (tertiary/aromatic N) is 15. The SMILES string of the molecule is Cc1cc(-c2cnc(N)c(OCc3c(Cl)cccc3Cl)n2)cc2c1CCN(C)C2.Cc1cc(-c2cnc(N)c(OCc3ccccc3)n2)cc2c1CCN(C)C2.Cc1cc(-c2cnc(N)c(OCc3ccnc(C#Cc4cccnc4)c3)n2)cc2c1CCN(C)C2.Cc1cc(COc2nc(-c3cc(C)c4c(c3)CN(C)CC4)cnc2N)ccn1. The van der Waals surface area contributed by atoms with E-state index in [4.69, 9.17) is 70.1 Å². The number of fused-ring (bicyclic) bond motifs is 4. The van der Waals surface area contributed by atoms with Crippen molar-refractivity contribution in [3.63, 3.8) is 0 Å². The van der Waals surface area contributed by atoms with Crippen LogP contribution in [0.3, 0.4) is 0 Å². The number of hydrogen-bond donors (Lipinski definition) is 4. The first-order chi connectivity index (χ1) is 57.6. The van der Waals surface area contributed by atoms with Gasteiger partial charge in [0.25, 0.3) is 23.5 Å². The number of aryl methyl sites for hydroxylation is 5. The molecule has 0 saturated heterocycles. The summed E-state index contributed by atoms with van der Waals surface area (Å²) in [5.41, 5.74) is 53.7. The van der Waals surface area contributed by atoms with Gasteiger partial charge in [0.05, 0.1) is 47.6 Å². The van der Waals surface area contributed by atoms with Crippen molar-refractivity contribution in [1.82, 2.24) is 74.4 Å².